The Morgan fingerprint density at radius 2 is 1.91 bits per heavy atom. The Morgan fingerprint density at radius 3 is 2.60 bits per heavy atom. The zero-order valence-electron chi connectivity index (χ0n) is 20.5. The lowest BCUT2D eigenvalue weighted by molar-refractivity contribution is 0.130. The highest BCUT2D eigenvalue weighted by atomic mass is 16.5. The summed E-state index contributed by atoms with van der Waals surface area (Å²) >= 11 is 0. The largest absolute Gasteiger partial charge is 0.494 e. The summed E-state index contributed by atoms with van der Waals surface area (Å²) in [5, 5.41) is 25.7. The molecule has 2 aromatic rings. The number of benzene rings is 2. The molecule has 3 atom stereocenters. The number of amides is 1. The molecule has 0 spiro atoms. The predicted molar refractivity (Wildman–Crippen MR) is 137 cm³/mol. The molecule has 2 fully saturated rings. The molecule has 4 rings (SSSR count). The van der Waals surface area contributed by atoms with Crippen molar-refractivity contribution in [1.29, 1.82) is 5.26 Å². The fraction of sp³-hybridized carbons (Fsp3) is 0.500. The van der Waals surface area contributed by atoms with Crippen molar-refractivity contribution < 1.29 is 14.6 Å². The van der Waals surface area contributed by atoms with E-state index in [1.165, 1.54) is 0 Å². The molecule has 186 valence electrons. The fourth-order valence-electron chi connectivity index (χ4n) is 5.71. The summed E-state index contributed by atoms with van der Waals surface area (Å²) in [6.07, 6.45) is 5.69. The molecule has 7 nitrogen and oxygen atoms in total. The summed E-state index contributed by atoms with van der Waals surface area (Å²) in [6.45, 7) is 4.44. The van der Waals surface area contributed by atoms with Gasteiger partial charge in [0.1, 0.15) is 5.75 Å². The third-order valence-electron chi connectivity index (χ3n) is 7.36. The molecule has 1 amide bonds. The van der Waals surface area contributed by atoms with Gasteiger partial charge in [0.15, 0.2) is 0 Å². The standard InChI is InChI=1S/C28H36N4O3/c1-2-35-25-14-10-21(11-15-25)18-28(31-27(33)34)16-4-3-7-26(28)30-23-6-5-17-32(20-23)24-12-8-22(19-29)9-13-24/h8-15,23,26,30-31H,2-7,16-18,20H2,1H3,(H,33,34). The van der Waals surface area contributed by atoms with Crippen molar-refractivity contribution in [3.63, 3.8) is 0 Å². The van der Waals surface area contributed by atoms with Crippen molar-refractivity contribution in [3.8, 4) is 11.8 Å². The second-order valence-corrected chi connectivity index (χ2v) is 9.75. The number of nitriles is 1. The van der Waals surface area contributed by atoms with E-state index in [4.69, 9.17) is 10.00 Å². The second-order valence-electron chi connectivity index (χ2n) is 9.75. The zero-order valence-corrected chi connectivity index (χ0v) is 20.5. The predicted octanol–water partition coefficient (Wildman–Crippen LogP) is 4.71. The SMILES string of the molecule is CCOc1ccc(CC2(NC(=O)O)CCCCC2NC2CCCN(c3ccc(C#N)cc3)C2)cc1. The molecule has 3 N–H and O–H groups in total. The number of hydrogen-bond donors (Lipinski definition) is 3. The lowest BCUT2D eigenvalue weighted by Crippen LogP contribution is -2.66. The number of hydrogen-bond acceptors (Lipinski definition) is 5. The average Bonchev–Trinajstić information content (AvgIpc) is 2.87. The fourth-order valence-corrected chi connectivity index (χ4v) is 5.71. The van der Waals surface area contributed by atoms with E-state index in [0.29, 0.717) is 18.6 Å². The van der Waals surface area contributed by atoms with Gasteiger partial charge >= 0.3 is 6.09 Å². The number of ether oxygens (including phenoxy) is 1. The second kappa shape index (κ2) is 11.5. The highest BCUT2D eigenvalue weighted by molar-refractivity contribution is 5.66. The first-order chi connectivity index (χ1) is 17.0. The first kappa shape index (κ1) is 24.9. The molecule has 1 saturated carbocycles. The Kier molecular flexibility index (Phi) is 8.14. The maximum Gasteiger partial charge on any atom is 0.405 e. The maximum atomic E-state index is 11.9. The van der Waals surface area contributed by atoms with Crippen LogP contribution in [0.25, 0.3) is 0 Å². The van der Waals surface area contributed by atoms with Gasteiger partial charge in [-0.2, -0.15) is 5.26 Å². The number of nitrogens with one attached hydrogen (secondary N) is 2. The molecule has 2 aliphatic rings. The van der Waals surface area contributed by atoms with Crippen molar-refractivity contribution in [2.75, 3.05) is 24.6 Å². The highest BCUT2D eigenvalue weighted by Crippen LogP contribution is 2.34. The Labute approximate surface area is 208 Å². The van der Waals surface area contributed by atoms with Gasteiger partial charge in [0.2, 0.25) is 0 Å². The Bertz CT molecular complexity index is 1020. The third-order valence-corrected chi connectivity index (χ3v) is 7.36. The van der Waals surface area contributed by atoms with E-state index in [0.717, 1.165) is 68.6 Å². The topological polar surface area (TPSA) is 97.6 Å². The van der Waals surface area contributed by atoms with Crippen LogP contribution in [0.2, 0.25) is 0 Å². The normalized spacial score (nSPS) is 24.4. The van der Waals surface area contributed by atoms with Crippen LogP contribution >= 0.6 is 0 Å². The summed E-state index contributed by atoms with van der Waals surface area (Å²) in [7, 11) is 0. The van der Waals surface area contributed by atoms with Crippen LogP contribution in [0.4, 0.5) is 10.5 Å². The zero-order chi connectivity index (χ0) is 24.7. The number of carbonyl (C=O) groups is 1. The van der Waals surface area contributed by atoms with Crippen LogP contribution in [-0.4, -0.2) is 48.5 Å². The summed E-state index contributed by atoms with van der Waals surface area (Å²) < 4.78 is 5.58. The van der Waals surface area contributed by atoms with Crippen LogP contribution in [0.3, 0.4) is 0 Å². The Hall–Kier alpha value is -3.24. The molecule has 0 radical (unpaired) electrons. The molecular formula is C28H36N4O3. The summed E-state index contributed by atoms with van der Waals surface area (Å²) in [4.78, 5) is 14.3. The van der Waals surface area contributed by atoms with Gasteiger partial charge in [-0.15, -0.1) is 0 Å². The highest BCUT2D eigenvalue weighted by Gasteiger charge is 2.43. The van der Waals surface area contributed by atoms with Crippen molar-refractivity contribution in [2.45, 2.75) is 69.5 Å². The molecule has 0 aromatic heterocycles. The van der Waals surface area contributed by atoms with Crippen LogP contribution in [0, 0.1) is 11.3 Å². The molecule has 35 heavy (non-hydrogen) atoms. The van der Waals surface area contributed by atoms with Gasteiger partial charge in [-0.05, 0) is 81.0 Å². The van der Waals surface area contributed by atoms with Crippen LogP contribution in [0.15, 0.2) is 48.5 Å². The van der Waals surface area contributed by atoms with Crippen molar-refractivity contribution >= 4 is 11.8 Å². The van der Waals surface area contributed by atoms with Crippen molar-refractivity contribution in [3.05, 3.63) is 59.7 Å². The lowest BCUT2D eigenvalue weighted by atomic mass is 9.73. The molecule has 3 unspecified atom stereocenters. The van der Waals surface area contributed by atoms with Crippen LogP contribution < -0.4 is 20.3 Å². The summed E-state index contributed by atoms with van der Waals surface area (Å²) in [5.74, 6) is 0.833. The van der Waals surface area contributed by atoms with Gasteiger partial charge < -0.3 is 25.4 Å². The minimum atomic E-state index is -0.965. The monoisotopic (exact) mass is 476 g/mol. The molecular weight excluding hydrogens is 440 g/mol. The Balaban J connectivity index is 1.50. The number of nitrogens with zero attached hydrogens (tertiary/aromatic N) is 2. The number of piperidine rings is 1. The van der Waals surface area contributed by atoms with Crippen LogP contribution in [0.1, 0.15) is 56.6 Å². The molecule has 1 aliphatic heterocycles. The Morgan fingerprint density at radius 1 is 1.14 bits per heavy atom. The smallest absolute Gasteiger partial charge is 0.405 e. The first-order valence-electron chi connectivity index (χ1n) is 12.8. The van der Waals surface area contributed by atoms with E-state index < -0.39 is 11.6 Å². The van der Waals surface area contributed by atoms with Gasteiger partial charge in [-0.1, -0.05) is 25.0 Å². The van der Waals surface area contributed by atoms with E-state index in [1.54, 1.807) is 0 Å². The van der Waals surface area contributed by atoms with Crippen molar-refractivity contribution in [1.82, 2.24) is 10.6 Å². The van der Waals surface area contributed by atoms with E-state index in [9.17, 15) is 9.90 Å². The number of rotatable bonds is 8. The van der Waals surface area contributed by atoms with Gasteiger partial charge in [0, 0.05) is 30.9 Å². The average molecular weight is 477 g/mol. The number of carboxylic acid groups (broad SMARTS) is 1. The molecule has 1 saturated heterocycles. The third kappa shape index (κ3) is 6.26. The minimum absolute atomic E-state index is 0.0600. The van der Waals surface area contributed by atoms with Crippen LogP contribution in [-0.2, 0) is 6.42 Å². The lowest BCUT2D eigenvalue weighted by Gasteiger charge is -2.47. The summed E-state index contributed by atoms with van der Waals surface area (Å²) in [5.41, 5.74) is 2.36. The van der Waals surface area contributed by atoms with E-state index in [-0.39, 0.29) is 12.1 Å². The van der Waals surface area contributed by atoms with E-state index in [1.807, 2.05) is 43.3 Å². The molecule has 7 heteroatoms. The van der Waals surface area contributed by atoms with E-state index >= 15 is 0 Å². The van der Waals surface area contributed by atoms with Crippen molar-refractivity contribution in [2.24, 2.45) is 0 Å². The summed E-state index contributed by atoms with van der Waals surface area (Å²) in [6, 6.07) is 18.3. The minimum Gasteiger partial charge on any atom is -0.494 e. The van der Waals surface area contributed by atoms with Gasteiger partial charge in [-0.25, -0.2) is 4.79 Å². The molecule has 1 aliphatic carbocycles. The molecule has 0 bridgehead atoms. The maximum absolute atomic E-state index is 11.9. The first-order valence-corrected chi connectivity index (χ1v) is 12.8. The molecule has 2 aromatic carbocycles. The van der Waals surface area contributed by atoms with Gasteiger partial charge in [0.25, 0.3) is 0 Å². The quantitative estimate of drug-likeness (QED) is 0.511. The van der Waals surface area contributed by atoms with Crippen LogP contribution in [0.5, 0.6) is 5.75 Å². The van der Waals surface area contributed by atoms with Gasteiger partial charge in [0.05, 0.1) is 23.8 Å². The molecule has 1 heterocycles. The van der Waals surface area contributed by atoms with Gasteiger partial charge in [-0.3, -0.25) is 0 Å². The van der Waals surface area contributed by atoms with E-state index in [2.05, 4.69) is 33.7 Å². The number of anilines is 1.